The van der Waals surface area contributed by atoms with E-state index >= 15 is 0 Å². The third kappa shape index (κ3) is 3.90. The molecule has 1 N–H and O–H groups in total. The SMILES string of the molecule is C=CC[N+](CC=C)(CC=C)C(C)C.[OH-]. The van der Waals surface area contributed by atoms with Crippen molar-refractivity contribution in [2.24, 2.45) is 0 Å². The van der Waals surface area contributed by atoms with E-state index in [-0.39, 0.29) is 5.48 Å². The Balaban J connectivity index is 0. The summed E-state index contributed by atoms with van der Waals surface area (Å²) in [5, 5.41) is 0. The molecule has 0 aromatic carbocycles. The molecule has 0 atom stereocenters. The third-order valence-corrected chi connectivity index (χ3v) is 2.57. The highest BCUT2D eigenvalue weighted by molar-refractivity contribution is 4.77. The van der Waals surface area contributed by atoms with Crippen LogP contribution >= 0.6 is 0 Å². The Morgan fingerprint density at radius 2 is 1.21 bits per heavy atom. The summed E-state index contributed by atoms with van der Waals surface area (Å²) >= 11 is 0. The Hall–Kier alpha value is -0.860. The molecule has 2 heteroatoms. The highest BCUT2D eigenvalue weighted by atomic mass is 16.0. The van der Waals surface area contributed by atoms with Crippen molar-refractivity contribution in [2.75, 3.05) is 19.6 Å². The summed E-state index contributed by atoms with van der Waals surface area (Å²) in [4.78, 5) is 0. The van der Waals surface area contributed by atoms with Crippen LogP contribution in [-0.4, -0.2) is 35.6 Å². The van der Waals surface area contributed by atoms with E-state index in [2.05, 4.69) is 33.6 Å². The average molecular weight is 197 g/mol. The van der Waals surface area contributed by atoms with Gasteiger partial charge in [-0.25, -0.2) is 0 Å². The van der Waals surface area contributed by atoms with Crippen LogP contribution in [0.15, 0.2) is 38.0 Å². The number of hydrogen-bond acceptors (Lipinski definition) is 1. The van der Waals surface area contributed by atoms with Crippen molar-refractivity contribution in [3.05, 3.63) is 38.0 Å². The standard InChI is InChI=1S/C12H22N.H2O/c1-6-9-13(10-7-2,11-8-3)12(4)5;/h6-8,12H,1-3,9-11H2,4-5H3;1H2/q+1;/p-1. The maximum absolute atomic E-state index is 3.81. The molecule has 0 saturated carbocycles. The van der Waals surface area contributed by atoms with Gasteiger partial charge >= 0.3 is 0 Å². The molecule has 82 valence electrons. The Morgan fingerprint density at radius 1 is 0.929 bits per heavy atom. The van der Waals surface area contributed by atoms with Crippen LogP contribution in [0.2, 0.25) is 0 Å². The van der Waals surface area contributed by atoms with Crippen LogP contribution in [0, 0.1) is 0 Å². The molecule has 0 saturated heterocycles. The molecular weight excluding hydrogens is 174 g/mol. The van der Waals surface area contributed by atoms with E-state index in [4.69, 9.17) is 0 Å². The maximum atomic E-state index is 3.81. The van der Waals surface area contributed by atoms with Crippen molar-refractivity contribution in [1.29, 1.82) is 0 Å². The van der Waals surface area contributed by atoms with Gasteiger partial charge < -0.3 is 9.96 Å². The predicted octanol–water partition coefficient (Wildman–Crippen LogP) is 2.59. The zero-order chi connectivity index (χ0) is 10.3. The topological polar surface area (TPSA) is 30.0 Å². The molecule has 0 heterocycles. The molecule has 0 bridgehead atoms. The van der Waals surface area contributed by atoms with Gasteiger partial charge in [-0.05, 0) is 32.1 Å². The first kappa shape index (κ1) is 15.6. The van der Waals surface area contributed by atoms with Gasteiger partial charge in [-0.2, -0.15) is 0 Å². The van der Waals surface area contributed by atoms with E-state index in [1.807, 2.05) is 18.2 Å². The van der Waals surface area contributed by atoms with Crippen molar-refractivity contribution in [3.8, 4) is 0 Å². The van der Waals surface area contributed by atoms with Crippen molar-refractivity contribution in [1.82, 2.24) is 0 Å². The summed E-state index contributed by atoms with van der Waals surface area (Å²) in [5.41, 5.74) is 0. The summed E-state index contributed by atoms with van der Waals surface area (Å²) < 4.78 is 0.983. The summed E-state index contributed by atoms with van der Waals surface area (Å²) in [7, 11) is 0. The molecule has 0 spiro atoms. The molecule has 0 amide bonds. The Kier molecular flexibility index (Phi) is 8.40. The summed E-state index contributed by atoms with van der Waals surface area (Å²) in [5.74, 6) is 0. The molecule has 0 aromatic heterocycles. The normalized spacial score (nSPS) is 10.5. The second kappa shape index (κ2) is 7.54. The highest BCUT2D eigenvalue weighted by Crippen LogP contribution is 2.13. The van der Waals surface area contributed by atoms with Crippen molar-refractivity contribution in [2.45, 2.75) is 19.9 Å². The lowest BCUT2D eigenvalue weighted by molar-refractivity contribution is -0.932. The van der Waals surface area contributed by atoms with Gasteiger partial charge in [0.2, 0.25) is 0 Å². The second-order valence-corrected chi connectivity index (χ2v) is 3.73. The van der Waals surface area contributed by atoms with Gasteiger partial charge in [0.15, 0.2) is 0 Å². The number of quaternary nitrogens is 1. The molecule has 0 rings (SSSR count). The zero-order valence-corrected chi connectivity index (χ0v) is 9.45. The molecule has 0 aliphatic heterocycles. The van der Waals surface area contributed by atoms with Crippen molar-refractivity contribution in [3.63, 3.8) is 0 Å². The lowest BCUT2D eigenvalue weighted by atomic mass is 10.2. The predicted molar refractivity (Wildman–Crippen MR) is 62.5 cm³/mol. The largest absolute Gasteiger partial charge is 0.870 e. The molecule has 0 aliphatic rings. The van der Waals surface area contributed by atoms with E-state index in [0.29, 0.717) is 6.04 Å². The van der Waals surface area contributed by atoms with Crippen LogP contribution in [0.1, 0.15) is 13.8 Å². The van der Waals surface area contributed by atoms with E-state index in [1.165, 1.54) is 0 Å². The van der Waals surface area contributed by atoms with E-state index < -0.39 is 0 Å². The Bertz CT molecular complexity index is 158. The fourth-order valence-corrected chi connectivity index (χ4v) is 1.63. The first-order valence-corrected chi connectivity index (χ1v) is 4.81. The average Bonchev–Trinajstić information content (AvgIpc) is 2.05. The van der Waals surface area contributed by atoms with Gasteiger partial charge in [-0.15, -0.1) is 0 Å². The summed E-state index contributed by atoms with van der Waals surface area (Å²) in [6.07, 6.45) is 5.94. The van der Waals surface area contributed by atoms with Crippen molar-refractivity contribution >= 4 is 0 Å². The minimum Gasteiger partial charge on any atom is -0.870 e. The van der Waals surface area contributed by atoms with Gasteiger partial charge in [0.25, 0.3) is 0 Å². The van der Waals surface area contributed by atoms with Crippen LogP contribution in [0.25, 0.3) is 0 Å². The molecule has 0 aliphatic carbocycles. The molecule has 0 unspecified atom stereocenters. The van der Waals surface area contributed by atoms with E-state index in [1.54, 1.807) is 0 Å². The summed E-state index contributed by atoms with van der Waals surface area (Å²) in [6.45, 7) is 18.8. The Labute approximate surface area is 88.1 Å². The van der Waals surface area contributed by atoms with Crippen LogP contribution in [-0.2, 0) is 0 Å². The number of rotatable bonds is 7. The van der Waals surface area contributed by atoms with Gasteiger partial charge in [0.05, 0.1) is 25.7 Å². The minimum absolute atomic E-state index is 0. The van der Waals surface area contributed by atoms with Gasteiger partial charge in [0, 0.05) is 0 Å². The van der Waals surface area contributed by atoms with E-state index in [0.717, 1.165) is 24.1 Å². The minimum atomic E-state index is 0. The highest BCUT2D eigenvalue weighted by Gasteiger charge is 2.26. The molecular formula is C12H23NO. The van der Waals surface area contributed by atoms with Crippen LogP contribution in [0.3, 0.4) is 0 Å². The second-order valence-electron chi connectivity index (χ2n) is 3.73. The molecule has 2 nitrogen and oxygen atoms in total. The fraction of sp³-hybridized carbons (Fsp3) is 0.500. The monoisotopic (exact) mass is 197 g/mol. The third-order valence-electron chi connectivity index (χ3n) is 2.57. The van der Waals surface area contributed by atoms with E-state index in [9.17, 15) is 0 Å². The number of nitrogens with zero attached hydrogens (tertiary/aromatic N) is 1. The molecule has 0 radical (unpaired) electrons. The van der Waals surface area contributed by atoms with Gasteiger partial charge in [-0.1, -0.05) is 19.7 Å². The lowest BCUT2D eigenvalue weighted by Gasteiger charge is -2.40. The van der Waals surface area contributed by atoms with Crippen molar-refractivity contribution < 1.29 is 9.96 Å². The smallest absolute Gasteiger partial charge is 0.0977 e. The molecule has 0 aromatic rings. The maximum Gasteiger partial charge on any atom is 0.0977 e. The van der Waals surface area contributed by atoms with Gasteiger partial charge in [0.1, 0.15) is 0 Å². The summed E-state index contributed by atoms with van der Waals surface area (Å²) in [6, 6.07) is 0.578. The molecule has 0 fully saturated rings. The lowest BCUT2D eigenvalue weighted by Crippen LogP contribution is -2.53. The number of hydrogen-bond donors (Lipinski definition) is 0. The van der Waals surface area contributed by atoms with Crippen LogP contribution in [0.5, 0.6) is 0 Å². The molecule has 14 heavy (non-hydrogen) atoms. The fourth-order valence-electron chi connectivity index (χ4n) is 1.63. The Morgan fingerprint density at radius 3 is 1.36 bits per heavy atom. The van der Waals surface area contributed by atoms with Crippen LogP contribution < -0.4 is 0 Å². The van der Waals surface area contributed by atoms with Crippen LogP contribution in [0.4, 0.5) is 0 Å². The van der Waals surface area contributed by atoms with Gasteiger partial charge in [-0.3, -0.25) is 0 Å². The zero-order valence-electron chi connectivity index (χ0n) is 9.45. The quantitative estimate of drug-likeness (QED) is 0.456. The first-order valence-electron chi connectivity index (χ1n) is 4.81. The first-order chi connectivity index (χ1) is 6.13.